The van der Waals surface area contributed by atoms with E-state index in [1.54, 1.807) is 0 Å². The van der Waals surface area contributed by atoms with E-state index < -0.39 is 0 Å². The molecule has 2 rings (SSSR count). The number of aliphatic hydroxyl groups excluding tert-OH is 1. The van der Waals surface area contributed by atoms with E-state index in [1.807, 2.05) is 0 Å². The molecule has 4 heteroatoms. The fourth-order valence-electron chi connectivity index (χ4n) is 2.99. The van der Waals surface area contributed by atoms with E-state index in [1.165, 1.54) is 12.8 Å². The molecule has 2 N–H and O–H groups in total. The minimum absolute atomic E-state index is 0.162. The van der Waals surface area contributed by atoms with Crippen LogP contribution in [0.15, 0.2) is 0 Å². The summed E-state index contributed by atoms with van der Waals surface area (Å²) in [4.78, 5) is 14.0. The van der Waals surface area contributed by atoms with Gasteiger partial charge in [0.25, 0.3) is 0 Å². The van der Waals surface area contributed by atoms with Crippen LogP contribution in [-0.2, 0) is 4.79 Å². The van der Waals surface area contributed by atoms with Gasteiger partial charge in [-0.3, -0.25) is 9.69 Å². The largest absolute Gasteiger partial charge is 0.396 e. The Morgan fingerprint density at radius 1 is 1.24 bits per heavy atom. The van der Waals surface area contributed by atoms with Gasteiger partial charge in [0.1, 0.15) is 0 Å². The molecule has 0 aromatic rings. The number of hydrogen-bond donors (Lipinski definition) is 2. The number of amides is 1. The molecule has 2 fully saturated rings. The molecule has 0 radical (unpaired) electrons. The maximum atomic E-state index is 11.8. The Bertz CT molecular complexity index is 252. The Hall–Kier alpha value is -0.610. The monoisotopic (exact) mass is 240 g/mol. The lowest BCUT2D eigenvalue weighted by molar-refractivity contribution is -0.123. The second-order valence-electron chi connectivity index (χ2n) is 5.47. The Labute approximate surface area is 103 Å². The van der Waals surface area contributed by atoms with E-state index in [9.17, 15) is 4.79 Å². The third-order valence-corrected chi connectivity index (χ3v) is 3.95. The highest BCUT2D eigenvalue weighted by Gasteiger charge is 2.22. The molecular formula is C13H24N2O2. The average Bonchev–Trinajstić information content (AvgIpc) is 2.82. The van der Waals surface area contributed by atoms with E-state index in [2.05, 4.69) is 10.2 Å². The van der Waals surface area contributed by atoms with Gasteiger partial charge in [-0.2, -0.15) is 0 Å². The first-order chi connectivity index (χ1) is 8.28. The molecule has 0 aromatic heterocycles. The summed E-state index contributed by atoms with van der Waals surface area (Å²) in [7, 11) is 0. The Morgan fingerprint density at radius 3 is 2.71 bits per heavy atom. The smallest absolute Gasteiger partial charge is 0.234 e. The molecule has 0 aromatic carbocycles. The van der Waals surface area contributed by atoms with E-state index in [0.29, 0.717) is 18.5 Å². The van der Waals surface area contributed by atoms with Crippen LogP contribution in [0.2, 0.25) is 0 Å². The third-order valence-electron chi connectivity index (χ3n) is 3.95. The summed E-state index contributed by atoms with van der Waals surface area (Å²) < 4.78 is 0. The van der Waals surface area contributed by atoms with Crippen LogP contribution in [0.25, 0.3) is 0 Å². The molecule has 17 heavy (non-hydrogen) atoms. The summed E-state index contributed by atoms with van der Waals surface area (Å²) in [6.07, 6.45) is 6.98. The molecule has 1 atom stereocenters. The number of likely N-dealkylation sites (tertiary alicyclic amines) is 1. The van der Waals surface area contributed by atoms with Gasteiger partial charge >= 0.3 is 0 Å². The van der Waals surface area contributed by atoms with Crippen molar-refractivity contribution < 1.29 is 9.90 Å². The minimum atomic E-state index is 0.162. The predicted molar refractivity (Wildman–Crippen MR) is 66.6 cm³/mol. The lowest BCUT2D eigenvalue weighted by Gasteiger charge is -2.31. The molecule has 1 saturated carbocycles. The number of piperidine rings is 1. The van der Waals surface area contributed by atoms with Gasteiger partial charge in [0.05, 0.1) is 6.54 Å². The first kappa shape index (κ1) is 12.8. The van der Waals surface area contributed by atoms with Crippen molar-refractivity contribution in [1.82, 2.24) is 10.2 Å². The summed E-state index contributed by atoms with van der Waals surface area (Å²) in [5, 5.41) is 12.3. The van der Waals surface area contributed by atoms with Crippen LogP contribution in [-0.4, -0.2) is 48.2 Å². The van der Waals surface area contributed by atoms with Gasteiger partial charge in [-0.1, -0.05) is 12.8 Å². The quantitative estimate of drug-likeness (QED) is 0.762. The standard InChI is InChI=1S/C13H24N2O2/c16-10-11-4-3-7-15(8-11)9-13(17)14-12-5-1-2-6-12/h11-12,16H,1-10H2,(H,14,17). The summed E-state index contributed by atoms with van der Waals surface area (Å²) in [6, 6.07) is 0.418. The molecule has 1 aliphatic heterocycles. The van der Waals surface area contributed by atoms with Gasteiger partial charge in [-0.25, -0.2) is 0 Å². The van der Waals surface area contributed by atoms with Gasteiger partial charge in [0, 0.05) is 19.2 Å². The summed E-state index contributed by atoms with van der Waals surface area (Å²) in [5.74, 6) is 0.526. The third kappa shape index (κ3) is 3.96. The number of nitrogens with one attached hydrogen (secondary N) is 1. The highest BCUT2D eigenvalue weighted by molar-refractivity contribution is 5.78. The van der Waals surface area contributed by atoms with Gasteiger partial charge in [-0.15, -0.1) is 0 Å². The fraction of sp³-hybridized carbons (Fsp3) is 0.923. The Balaban J connectivity index is 1.70. The van der Waals surface area contributed by atoms with Crippen molar-refractivity contribution in [2.24, 2.45) is 5.92 Å². The zero-order chi connectivity index (χ0) is 12.1. The molecule has 0 bridgehead atoms. The van der Waals surface area contributed by atoms with Crippen molar-refractivity contribution >= 4 is 5.91 Å². The highest BCUT2D eigenvalue weighted by Crippen LogP contribution is 2.18. The van der Waals surface area contributed by atoms with Crippen molar-refractivity contribution in [2.75, 3.05) is 26.2 Å². The number of nitrogens with zero attached hydrogens (tertiary/aromatic N) is 1. The molecule has 1 saturated heterocycles. The van der Waals surface area contributed by atoms with Crippen LogP contribution >= 0.6 is 0 Å². The average molecular weight is 240 g/mol. The second-order valence-corrected chi connectivity index (χ2v) is 5.47. The van der Waals surface area contributed by atoms with E-state index in [-0.39, 0.29) is 12.5 Å². The van der Waals surface area contributed by atoms with Crippen molar-refractivity contribution in [2.45, 2.75) is 44.6 Å². The molecule has 0 spiro atoms. The van der Waals surface area contributed by atoms with E-state index >= 15 is 0 Å². The van der Waals surface area contributed by atoms with Crippen LogP contribution in [0.1, 0.15) is 38.5 Å². The number of carbonyl (C=O) groups is 1. The zero-order valence-electron chi connectivity index (χ0n) is 10.5. The van der Waals surface area contributed by atoms with Crippen molar-refractivity contribution in [3.05, 3.63) is 0 Å². The molecular weight excluding hydrogens is 216 g/mol. The van der Waals surface area contributed by atoms with Gasteiger partial charge in [0.15, 0.2) is 0 Å². The molecule has 4 nitrogen and oxygen atoms in total. The number of aliphatic hydroxyl groups is 1. The van der Waals surface area contributed by atoms with Crippen molar-refractivity contribution in [3.63, 3.8) is 0 Å². The Kier molecular flexibility index (Phi) is 4.80. The second kappa shape index (κ2) is 6.36. The van der Waals surface area contributed by atoms with E-state index in [0.717, 1.165) is 38.8 Å². The molecule has 1 amide bonds. The Morgan fingerprint density at radius 2 is 2.00 bits per heavy atom. The van der Waals surface area contributed by atoms with Gasteiger partial charge in [0.2, 0.25) is 5.91 Å². The van der Waals surface area contributed by atoms with Crippen LogP contribution in [0, 0.1) is 5.92 Å². The molecule has 2 aliphatic rings. The SMILES string of the molecule is O=C(CN1CCCC(CO)C1)NC1CCCC1. The maximum absolute atomic E-state index is 11.8. The normalized spacial score (nSPS) is 27.2. The van der Waals surface area contributed by atoms with Crippen LogP contribution in [0.3, 0.4) is 0 Å². The molecule has 1 unspecified atom stereocenters. The minimum Gasteiger partial charge on any atom is -0.396 e. The highest BCUT2D eigenvalue weighted by atomic mass is 16.3. The summed E-state index contributed by atoms with van der Waals surface area (Å²) >= 11 is 0. The van der Waals surface area contributed by atoms with Crippen LogP contribution < -0.4 is 5.32 Å². The van der Waals surface area contributed by atoms with Crippen molar-refractivity contribution in [1.29, 1.82) is 0 Å². The van der Waals surface area contributed by atoms with Gasteiger partial charge in [-0.05, 0) is 38.1 Å². The predicted octanol–water partition coefficient (Wildman–Crippen LogP) is 0.749. The number of carbonyl (C=O) groups excluding carboxylic acids is 1. The van der Waals surface area contributed by atoms with Crippen LogP contribution in [0.4, 0.5) is 0 Å². The first-order valence-corrected chi connectivity index (χ1v) is 6.90. The maximum Gasteiger partial charge on any atom is 0.234 e. The van der Waals surface area contributed by atoms with Crippen LogP contribution in [0.5, 0.6) is 0 Å². The summed E-state index contributed by atoms with van der Waals surface area (Å²) in [5.41, 5.74) is 0. The lowest BCUT2D eigenvalue weighted by Crippen LogP contribution is -2.45. The zero-order valence-corrected chi connectivity index (χ0v) is 10.5. The lowest BCUT2D eigenvalue weighted by atomic mass is 9.99. The number of rotatable bonds is 4. The van der Waals surface area contributed by atoms with Gasteiger partial charge < -0.3 is 10.4 Å². The van der Waals surface area contributed by atoms with Crippen molar-refractivity contribution in [3.8, 4) is 0 Å². The molecule has 98 valence electrons. The summed E-state index contributed by atoms with van der Waals surface area (Å²) in [6.45, 7) is 2.62. The number of hydrogen-bond acceptors (Lipinski definition) is 3. The van der Waals surface area contributed by atoms with E-state index in [4.69, 9.17) is 5.11 Å². The molecule has 1 heterocycles. The first-order valence-electron chi connectivity index (χ1n) is 6.90. The molecule has 1 aliphatic carbocycles. The fourth-order valence-corrected chi connectivity index (χ4v) is 2.99. The topological polar surface area (TPSA) is 52.6 Å².